The molecule has 14 heteroatoms. The Morgan fingerprint density at radius 1 is 1.00 bits per heavy atom. The van der Waals surface area contributed by atoms with Crippen LogP contribution in [0.2, 0.25) is 0 Å². The second-order valence-electron chi connectivity index (χ2n) is 11.8. The molecule has 1 aliphatic carbocycles. The van der Waals surface area contributed by atoms with Crippen LogP contribution in [0.5, 0.6) is 0 Å². The number of hydrogen-bond donors (Lipinski definition) is 4. The first kappa shape index (κ1) is 32.4. The van der Waals surface area contributed by atoms with Gasteiger partial charge in [0.1, 0.15) is 29.6 Å². The molecule has 0 saturated heterocycles. The Balaban J connectivity index is 1.01. The summed E-state index contributed by atoms with van der Waals surface area (Å²) < 4.78 is 47.1. The van der Waals surface area contributed by atoms with Crippen LogP contribution in [0.15, 0.2) is 67.3 Å². The van der Waals surface area contributed by atoms with Gasteiger partial charge in [-0.1, -0.05) is 19.1 Å². The first-order chi connectivity index (χ1) is 23.2. The Morgan fingerprint density at radius 3 is 2.65 bits per heavy atom. The topological polar surface area (TPSA) is 147 Å². The number of H-pyrrole nitrogens is 1. The number of nitrogens with one attached hydrogen (secondary N) is 4. The maximum atomic E-state index is 14.8. The van der Waals surface area contributed by atoms with E-state index in [-0.39, 0.29) is 53.7 Å². The van der Waals surface area contributed by atoms with Gasteiger partial charge in [0.05, 0.1) is 12.4 Å². The highest BCUT2D eigenvalue weighted by Crippen LogP contribution is 2.28. The Hall–Kier alpha value is -5.53. The lowest BCUT2D eigenvalue weighted by Crippen LogP contribution is -2.42. The first-order valence-corrected chi connectivity index (χ1v) is 15.6. The van der Waals surface area contributed by atoms with Crippen LogP contribution >= 0.6 is 0 Å². The number of carbonyl (C=O) groups excluding carboxylic acids is 2. The van der Waals surface area contributed by atoms with Crippen molar-refractivity contribution >= 4 is 28.9 Å². The van der Waals surface area contributed by atoms with Gasteiger partial charge in [-0.15, -0.1) is 0 Å². The predicted molar refractivity (Wildman–Crippen MR) is 171 cm³/mol. The fourth-order valence-corrected chi connectivity index (χ4v) is 5.70. The van der Waals surface area contributed by atoms with Crippen LogP contribution in [0.1, 0.15) is 60.1 Å². The highest BCUT2D eigenvalue weighted by molar-refractivity contribution is 5.93. The zero-order valence-electron chi connectivity index (χ0n) is 26.0. The minimum absolute atomic E-state index is 0.0130. The molecule has 1 fully saturated rings. The number of amides is 2. The third kappa shape index (κ3) is 7.88. The summed E-state index contributed by atoms with van der Waals surface area (Å²) in [6, 6.07) is 10.2. The maximum absolute atomic E-state index is 14.8. The van der Waals surface area contributed by atoms with Crippen molar-refractivity contribution in [1.82, 2.24) is 35.6 Å². The molecule has 6 rings (SSSR count). The summed E-state index contributed by atoms with van der Waals surface area (Å²) in [6.07, 6.45) is 7.40. The van der Waals surface area contributed by atoms with E-state index in [0.717, 1.165) is 37.2 Å². The predicted octanol–water partition coefficient (Wildman–Crippen LogP) is 6.02. The van der Waals surface area contributed by atoms with Gasteiger partial charge in [0.25, 0.3) is 5.91 Å². The van der Waals surface area contributed by atoms with E-state index in [9.17, 15) is 22.8 Å². The molecule has 1 unspecified atom stereocenters. The SMILES string of the molecule is CC(CNC(=O)OCc1ccnc(C(=O)N[C@H]2CCC[C@@H](Nc3nc(-c4c[nH]c5ncc(F)cc45)ncc3F)C2)c1)c1ccc(F)cc1. The Bertz CT molecular complexity index is 1920. The number of pyridine rings is 2. The van der Waals surface area contributed by atoms with E-state index < -0.39 is 17.7 Å². The molecule has 2 amide bonds. The van der Waals surface area contributed by atoms with Crippen LogP contribution in [-0.2, 0) is 11.3 Å². The van der Waals surface area contributed by atoms with Crippen LogP contribution in [0.25, 0.3) is 22.4 Å². The number of aromatic amines is 1. The third-order valence-electron chi connectivity index (χ3n) is 8.25. The van der Waals surface area contributed by atoms with E-state index in [1.807, 2.05) is 6.92 Å². The number of anilines is 1. The maximum Gasteiger partial charge on any atom is 0.407 e. The smallest absolute Gasteiger partial charge is 0.407 e. The first-order valence-electron chi connectivity index (χ1n) is 15.6. The van der Waals surface area contributed by atoms with Crippen LogP contribution in [0.4, 0.5) is 23.8 Å². The third-order valence-corrected chi connectivity index (χ3v) is 8.25. The van der Waals surface area contributed by atoms with E-state index in [0.29, 0.717) is 35.1 Å². The fraction of sp³-hybridized carbons (Fsp3) is 0.294. The van der Waals surface area contributed by atoms with Crippen molar-refractivity contribution in [2.75, 3.05) is 11.9 Å². The monoisotopic (exact) mass is 658 g/mol. The van der Waals surface area contributed by atoms with Crippen LogP contribution in [0.3, 0.4) is 0 Å². The summed E-state index contributed by atoms with van der Waals surface area (Å²) in [6.45, 7) is 2.15. The Labute approximate surface area is 273 Å². The van der Waals surface area contributed by atoms with Gasteiger partial charge in [-0.05, 0) is 73.1 Å². The fourth-order valence-electron chi connectivity index (χ4n) is 5.70. The van der Waals surface area contributed by atoms with Crippen molar-refractivity contribution < 1.29 is 27.5 Å². The van der Waals surface area contributed by atoms with E-state index in [4.69, 9.17) is 4.74 Å². The molecule has 4 heterocycles. The van der Waals surface area contributed by atoms with Gasteiger partial charge in [-0.3, -0.25) is 9.78 Å². The van der Waals surface area contributed by atoms with Crippen molar-refractivity contribution in [3.05, 3.63) is 102 Å². The molecular weight excluding hydrogens is 625 g/mol. The van der Waals surface area contributed by atoms with Crippen LogP contribution < -0.4 is 16.0 Å². The zero-order chi connectivity index (χ0) is 33.6. The highest BCUT2D eigenvalue weighted by Gasteiger charge is 2.26. The Morgan fingerprint density at radius 2 is 1.81 bits per heavy atom. The Kier molecular flexibility index (Phi) is 9.78. The molecule has 0 bridgehead atoms. The van der Waals surface area contributed by atoms with E-state index in [2.05, 4.69) is 40.9 Å². The van der Waals surface area contributed by atoms with Gasteiger partial charge in [-0.2, -0.15) is 0 Å². The molecule has 48 heavy (non-hydrogen) atoms. The van der Waals surface area contributed by atoms with Gasteiger partial charge in [-0.25, -0.2) is 32.9 Å². The molecule has 11 nitrogen and oxygen atoms in total. The van der Waals surface area contributed by atoms with Gasteiger partial charge in [0.15, 0.2) is 17.5 Å². The normalized spacial score (nSPS) is 16.7. The van der Waals surface area contributed by atoms with E-state index >= 15 is 0 Å². The van der Waals surface area contributed by atoms with Crippen molar-refractivity contribution in [3.8, 4) is 11.4 Å². The molecule has 0 spiro atoms. The quantitative estimate of drug-likeness (QED) is 0.143. The number of fused-ring (bicyclic) bond motifs is 1. The lowest BCUT2D eigenvalue weighted by molar-refractivity contribution is 0.0921. The van der Waals surface area contributed by atoms with Gasteiger partial charge in [0, 0.05) is 42.0 Å². The van der Waals surface area contributed by atoms with Crippen LogP contribution in [-0.4, -0.2) is 55.5 Å². The molecule has 0 aliphatic heterocycles. The summed E-state index contributed by atoms with van der Waals surface area (Å²) in [7, 11) is 0. The van der Waals surface area contributed by atoms with E-state index in [1.165, 1.54) is 24.4 Å². The molecule has 4 aromatic heterocycles. The summed E-state index contributed by atoms with van der Waals surface area (Å²) >= 11 is 0. The summed E-state index contributed by atoms with van der Waals surface area (Å²) in [5.74, 6) is -1.66. The number of aromatic nitrogens is 5. The molecule has 1 saturated carbocycles. The summed E-state index contributed by atoms with van der Waals surface area (Å²) in [5, 5.41) is 9.34. The average molecular weight is 659 g/mol. The second kappa shape index (κ2) is 14.5. The minimum Gasteiger partial charge on any atom is -0.445 e. The van der Waals surface area contributed by atoms with Gasteiger partial charge in [0.2, 0.25) is 0 Å². The number of benzene rings is 1. The average Bonchev–Trinajstić information content (AvgIpc) is 3.51. The number of hydrogen-bond acceptors (Lipinski definition) is 8. The molecule has 1 aromatic carbocycles. The molecule has 248 valence electrons. The molecular formula is C34H33F3N8O3. The van der Waals surface area contributed by atoms with Crippen LogP contribution in [0, 0.1) is 17.5 Å². The van der Waals surface area contributed by atoms with E-state index in [1.54, 1.807) is 30.5 Å². The molecule has 5 aromatic rings. The summed E-state index contributed by atoms with van der Waals surface area (Å²) in [5.41, 5.74) is 2.60. The lowest BCUT2D eigenvalue weighted by atomic mass is 9.91. The summed E-state index contributed by atoms with van der Waals surface area (Å²) in [4.78, 5) is 45.0. The number of nitrogens with zero attached hydrogens (tertiary/aromatic N) is 4. The standard InChI is InChI=1S/C34H33F3N8O3/c1-19(21-5-7-22(35)8-6-21)14-42-34(47)48-18-20-9-10-38-29(11-20)33(46)44-25-4-2-3-24(13-25)43-32-28(37)17-41-31(45-32)27-16-40-30-26(27)12-23(36)15-39-30/h5-12,15-17,19,24-25H,2-4,13-14,18H2,1H3,(H,39,40)(H,42,47)(H,44,46)(H,41,43,45)/t19?,24-,25+/m1/s1. The van der Waals surface area contributed by atoms with Crippen molar-refractivity contribution in [1.29, 1.82) is 0 Å². The highest BCUT2D eigenvalue weighted by atomic mass is 19.1. The largest absolute Gasteiger partial charge is 0.445 e. The molecule has 3 atom stereocenters. The number of halogens is 3. The van der Waals surface area contributed by atoms with Crippen molar-refractivity contribution in [3.63, 3.8) is 0 Å². The zero-order valence-corrected chi connectivity index (χ0v) is 26.0. The minimum atomic E-state index is -0.631. The molecule has 0 radical (unpaired) electrons. The number of rotatable bonds is 10. The number of ether oxygens (including phenoxy) is 1. The number of alkyl carbamates (subject to hydrolysis) is 1. The lowest BCUT2D eigenvalue weighted by Gasteiger charge is -2.30. The molecule has 1 aliphatic rings. The van der Waals surface area contributed by atoms with Crippen molar-refractivity contribution in [2.45, 2.75) is 57.2 Å². The van der Waals surface area contributed by atoms with Gasteiger partial charge < -0.3 is 25.7 Å². The van der Waals surface area contributed by atoms with Crippen molar-refractivity contribution in [2.24, 2.45) is 0 Å². The molecule has 4 N–H and O–H groups in total. The second-order valence-corrected chi connectivity index (χ2v) is 11.8. The number of carbonyl (C=O) groups is 2. The van der Waals surface area contributed by atoms with Gasteiger partial charge >= 0.3 is 6.09 Å².